The average molecular weight is 499 g/mol. The smallest absolute Gasteiger partial charge is 0.271 e. The standard InChI is InChI=1S/C24H23FN4O5S/c1-29(35(2,32)33)21-11-5-18(6-12-21)24(31)28-26-15-17-3-13-22(14-4-17)34-16-23(30)27-20-9-7-19(25)8-10-20/h3-15H,16H2,1-2H3,(H,27,30)(H,28,31)/b26-15-. The number of hydrogen-bond donors (Lipinski definition) is 2. The van der Waals surface area contributed by atoms with Gasteiger partial charge in [-0.2, -0.15) is 5.10 Å². The molecular formula is C24H23FN4O5S. The third-order valence-electron chi connectivity index (χ3n) is 4.75. The minimum absolute atomic E-state index is 0.223. The molecule has 3 aromatic carbocycles. The van der Waals surface area contributed by atoms with Crippen LogP contribution in [0.2, 0.25) is 0 Å². The minimum atomic E-state index is -3.39. The number of carbonyl (C=O) groups is 2. The number of sulfonamides is 1. The van der Waals surface area contributed by atoms with Gasteiger partial charge in [-0.25, -0.2) is 18.2 Å². The average Bonchev–Trinajstić information content (AvgIpc) is 2.84. The number of nitrogens with one attached hydrogen (secondary N) is 2. The molecule has 35 heavy (non-hydrogen) atoms. The summed E-state index contributed by atoms with van der Waals surface area (Å²) in [6.07, 6.45) is 2.53. The normalized spacial score (nSPS) is 11.2. The van der Waals surface area contributed by atoms with Gasteiger partial charge in [0.2, 0.25) is 10.0 Å². The van der Waals surface area contributed by atoms with E-state index in [4.69, 9.17) is 4.74 Å². The van der Waals surface area contributed by atoms with Crippen LogP contribution < -0.4 is 19.8 Å². The molecule has 0 aromatic heterocycles. The van der Waals surface area contributed by atoms with Gasteiger partial charge in [0.05, 0.1) is 18.2 Å². The van der Waals surface area contributed by atoms with E-state index in [1.807, 2.05) is 0 Å². The number of hydrogen-bond acceptors (Lipinski definition) is 6. The Kier molecular flexibility index (Phi) is 8.16. The van der Waals surface area contributed by atoms with Gasteiger partial charge < -0.3 is 10.1 Å². The van der Waals surface area contributed by atoms with Crippen LogP contribution in [-0.2, 0) is 14.8 Å². The molecule has 0 aliphatic heterocycles. The van der Waals surface area contributed by atoms with Crippen molar-refractivity contribution in [3.63, 3.8) is 0 Å². The molecule has 9 nitrogen and oxygen atoms in total. The molecule has 0 saturated carbocycles. The van der Waals surface area contributed by atoms with E-state index in [1.165, 1.54) is 61.8 Å². The van der Waals surface area contributed by atoms with Gasteiger partial charge >= 0.3 is 0 Å². The summed E-state index contributed by atoms with van der Waals surface area (Å²) in [5.74, 6) is -0.779. The highest BCUT2D eigenvalue weighted by molar-refractivity contribution is 7.92. The largest absolute Gasteiger partial charge is 0.484 e. The molecule has 3 aromatic rings. The van der Waals surface area contributed by atoms with Crippen molar-refractivity contribution >= 4 is 39.4 Å². The zero-order valence-electron chi connectivity index (χ0n) is 18.9. The first-order valence-corrected chi connectivity index (χ1v) is 12.1. The second kappa shape index (κ2) is 11.3. The molecule has 0 radical (unpaired) electrons. The van der Waals surface area contributed by atoms with Gasteiger partial charge in [0.15, 0.2) is 6.61 Å². The Hall–Kier alpha value is -4.25. The third kappa shape index (κ3) is 7.64. The van der Waals surface area contributed by atoms with Crippen LogP contribution in [0.5, 0.6) is 5.75 Å². The highest BCUT2D eigenvalue weighted by atomic mass is 32.2. The van der Waals surface area contributed by atoms with E-state index >= 15 is 0 Å². The molecule has 2 N–H and O–H groups in total. The Balaban J connectivity index is 1.47. The molecule has 3 rings (SSSR count). The summed E-state index contributed by atoms with van der Waals surface area (Å²) in [6, 6.07) is 18.1. The molecule has 0 saturated heterocycles. The number of hydrazone groups is 1. The Morgan fingerprint density at radius 3 is 2.23 bits per heavy atom. The highest BCUT2D eigenvalue weighted by Crippen LogP contribution is 2.16. The summed E-state index contributed by atoms with van der Waals surface area (Å²) in [5.41, 5.74) is 4.29. The lowest BCUT2D eigenvalue weighted by atomic mass is 10.2. The van der Waals surface area contributed by atoms with Crippen LogP contribution >= 0.6 is 0 Å². The Morgan fingerprint density at radius 2 is 1.63 bits per heavy atom. The SMILES string of the molecule is CN(c1ccc(C(=O)N/N=C\c2ccc(OCC(=O)Nc3ccc(F)cc3)cc2)cc1)S(C)(=O)=O. The lowest BCUT2D eigenvalue weighted by Gasteiger charge is -2.16. The maximum absolute atomic E-state index is 12.9. The van der Waals surface area contributed by atoms with Gasteiger partial charge in [0.25, 0.3) is 11.8 Å². The van der Waals surface area contributed by atoms with Crippen molar-refractivity contribution in [3.05, 3.63) is 89.7 Å². The van der Waals surface area contributed by atoms with Crippen LogP contribution in [0.4, 0.5) is 15.8 Å². The topological polar surface area (TPSA) is 117 Å². The first kappa shape index (κ1) is 25.4. The Labute approximate surface area is 202 Å². The number of nitrogens with zero attached hydrogens (tertiary/aromatic N) is 2. The summed E-state index contributed by atoms with van der Waals surface area (Å²) < 4.78 is 42.6. The summed E-state index contributed by atoms with van der Waals surface area (Å²) in [4.78, 5) is 24.2. The van der Waals surface area contributed by atoms with E-state index in [2.05, 4.69) is 15.8 Å². The van der Waals surface area contributed by atoms with Crippen LogP contribution in [0.1, 0.15) is 15.9 Å². The van der Waals surface area contributed by atoms with Crippen molar-refractivity contribution in [1.29, 1.82) is 0 Å². The van der Waals surface area contributed by atoms with E-state index in [0.717, 1.165) is 10.6 Å². The second-order valence-electron chi connectivity index (χ2n) is 7.39. The van der Waals surface area contributed by atoms with Gasteiger partial charge in [-0.3, -0.25) is 13.9 Å². The van der Waals surface area contributed by atoms with Crippen LogP contribution in [0, 0.1) is 5.82 Å². The highest BCUT2D eigenvalue weighted by Gasteiger charge is 2.12. The summed E-state index contributed by atoms with van der Waals surface area (Å²) >= 11 is 0. The van der Waals surface area contributed by atoms with E-state index in [-0.39, 0.29) is 12.5 Å². The molecular weight excluding hydrogens is 475 g/mol. The fourth-order valence-corrected chi connectivity index (χ4v) is 3.28. The van der Waals surface area contributed by atoms with Crippen molar-refractivity contribution in [2.45, 2.75) is 0 Å². The molecule has 11 heteroatoms. The van der Waals surface area contributed by atoms with Gasteiger partial charge in [-0.05, 0) is 78.4 Å². The Bertz CT molecular complexity index is 1310. The summed E-state index contributed by atoms with van der Waals surface area (Å²) in [5, 5.41) is 6.51. The zero-order valence-corrected chi connectivity index (χ0v) is 19.8. The molecule has 0 aliphatic rings. The van der Waals surface area contributed by atoms with Crippen molar-refractivity contribution < 1.29 is 27.1 Å². The van der Waals surface area contributed by atoms with E-state index in [9.17, 15) is 22.4 Å². The molecule has 0 atom stereocenters. The maximum Gasteiger partial charge on any atom is 0.271 e. The number of benzene rings is 3. The lowest BCUT2D eigenvalue weighted by molar-refractivity contribution is -0.118. The van der Waals surface area contributed by atoms with Crippen LogP contribution in [0.25, 0.3) is 0 Å². The molecule has 2 amide bonds. The fraction of sp³-hybridized carbons (Fsp3) is 0.125. The predicted octanol–water partition coefficient (Wildman–Crippen LogP) is 3.00. The number of halogens is 1. The third-order valence-corrected chi connectivity index (χ3v) is 5.95. The predicted molar refractivity (Wildman–Crippen MR) is 132 cm³/mol. The number of rotatable bonds is 9. The maximum atomic E-state index is 12.9. The van der Waals surface area contributed by atoms with Crippen molar-refractivity contribution in [2.24, 2.45) is 5.10 Å². The fourth-order valence-electron chi connectivity index (χ4n) is 2.77. The first-order chi connectivity index (χ1) is 16.6. The van der Waals surface area contributed by atoms with Gasteiger partial charge in [0, 0.05) is 18.3 Å². The van der Waals surface area contributed by atoms with Gasteiger partial charge in [0.1, 0.15) is 11.6 Å². The number of carbonyl (C=O) groups excluding carboxylic acids is 2. The molecule has 0 heterocycles. The van der Waals surface area contributed by atoms with E-state index in [0.29, 0.717) is 28.3 Å². The number of ether oxygens (including phenoxy) is 1. The van der Waals surface area contributed by atoms with Crippen molar-refractivity contribution in [1.82, 2.24) is 5.43 Å². The minimum Gasteiger partial charge on any atom is -0.484 e. The van der Waals surface area contributed by atoms with Crippen LogP contribution in [-0.4, -0.2) is 46.4 Å². The molecule has 0 bridgehead atoms. The quantitative estimate of drug-likeness (QED) is 0.348. The van der Waals surface area contributed by atoms with Crippen molar-refractivity contribution in [2.75, 3.05) is 29.5 Å². The monoisotopic (exact) mass is 498 g/mol. The molecule has 0 fully saturated rings. The molecule has 0 spiro atoms. The van der Waals surface area contributed by atoms with Crippen molar-refractivity contribution in [3.8, 4) is 5.75 Å². The zero-order chi connectivity index (χ0) is 25.4. The van der Waals surface area contributed by atoms with Gasteiger partial charge in [-0.15, -0.1) is 0 Å². The van der Waals surface area contributed by atoms with Crippen LogP contribution in [0.3, 0.4) is 0 Å². The molecule has 182 valence electrons. The van der Waals surface area contributed by atoms with E-state index < -0.39 is 21.7 Å². The lowest BCUT2D eigenvalue weighted by Crippen LogP contribution is -2.25. The summed E-state index contributed by atoms with van der Waals surface area (Å²) in [7, 11) is -1.97. The van der Waals surface area contributed by atoms with Crippen LogP contribution in [0.15, 0.2) is 77.9 Å². The molecule has 0 aliphatic carbocycles. The Morgan fingerprint density at radius 1 is 1.00 bits per heavy atom. The second-order valence-corrected chi connectivity index (χ2v) is 9.40. The van der Waals surface area contributed by atoms with Gasteiger partial charge in [-0.1, -0.05) is 0 Å². The molecule has 0 unspecified atom stereocenters. The summed E-state index contributed by atoms with van der Waals surface area (Å²) in [6.45, 7) is -0.223. The van der Waals surface area contributed by atoms with E-state index in [1.54, 1.807) is 24.3 Å². The number of anilines is 2. The number of amides is 2. The first-order valence-electron chi connectivity index (χ1n) is 10.3.